The largest absolute Gasteiger partial charge is 0.352 e. The van der Waals surface area contributed by atoms with Crippen molar-refractivity contribution in [3.05, 3.63) is 58.6 Å². The molecule has 0 heterocycles. The van der Waals surface area contributed by atoms with Crippen molar-refractivity contribution in [3.8, 4) is 0 Å². The molecule has 2 aliphatic rings. The number of sulfonamides is 1. The third-order valence-electron chi connectivity index (χ3n) is 5.87. The zero-order valence-corrected chi connectivity index (χ0v) is 18.1. The van der Waals surface area contributed by atoms with Crippen molar-refractivity contribution in [1.82, 2.24) is 5.32 Å². The van der Waals surface area contributed by atoms with Gasteiger partial charge in [0.1, 0.15) is 6.54 Å². The molecule has 1 amide bonds. The van der Waals surface area contributed by atoms with E-state index >= 15 is 0 Å². The van der Waals surface area contributed by atoms with Crippen LogP contribution in [0.4, 0.5) is 5.69 Å². The molecule has 29 heavy (non-hydrogen) atoms. The van der Waals surface area contributed by atoms with Gasteiger partial charge in [-0.15, -0.1) is 0 Å². The highest BCUT2D eigenvalue weighted by Crippen LogP contribution is 2.44. The first-order valence-corrected chi connectivity index (χ1v) is 11.9. The Balaban J connectivity index is 1.60. The molecule has 2 aromatic rings. The number of rotatable bonds is 6. The van der Waals surface area contributed by atoms with Crippen LogP contribution in [0.3, 0.4) is 0 Å². The van der Waals surface area contributed by atoms with E-state index in [-0.39, 0.29) is 23.4 Å². The molecule has 5 nitrogen and oxygen atoms in total. The van der Waals surface area contributed by atoms with Crippen LogP contribution in [0.5, 0.6) is 0 Å². The molecule has 1 N–H and O–H groups in total. The van der Waals surface area contributed by atoms with Gasteiger partial charge in [-0.2, -0.15) is 0 Å². The van der Waals surface area contributed by atoms with Gasteiger partial charge in [0.05, 0.1) is 10.6 Å². The molecule has 0 radical (unpaired) electrons. The molecule has 0 aliphatic heterocycles. The van der Waals surface area contributed by atoms with E-state index in [4.69, 9.17) is 23.2 Å². The van der Waals surface area contributed by atoms with Crippen LogP contribution in [0.25, 0.3) is 0 Å². The van der Waals surface area contributed by atoms with Crippen LogP contribution < -0.4 is 9.62 Å². The molecule has 2 fully saturated rings. The Kier molecular flexibility index (Phi) is 5.78. The third kappa shape index (κ3) is 4.39. The number of halogens is 2. The summed E-state index contributed by atoms with van der Waals surface area (Å²) in [6, 6.07) is 12.5. The average Bonchev–Trinajstić information content (AvgIpc) is 3.29. The van der Waals surface area contributed by atoms with Gasteiger partial charge in [-0.05, 0) is 73.6 Å². The van der Waals surface area contributed by atoms with E-state index in [0.717, 1.165) is 23.6 Å². The lowest BCUT2D eigenvalue weighted by molar-refractivity contribution is -0.120. The molecule has 8 heteroatoms. The Morgan fingerprint density at radius 1 is 1.03 bits per heavy atom. The fourth-order valence-corrected chi connectivity index (χ4v) is 6.21. The molecular weight excluding hydrogens is 431 g/mol. The van der Waals surface area contributed by atoms with Crippen LogP contribution in [0, 0.1) is 11.8 Å². The summed E-state index contributed by atoms with van der Waals surface area (Å²) < 4.78 is 27.7. The van der Waals surface area contributed by atoms with Gasteiger partial charge in [0.2, 0.25) is 5.91 Å². The van der Waals surface area contributed by atoms with Crippen LogP contribution in [-0.2, 0) is 14.8 Å². The second-order valence-electron chi connectivity index (χ2n) is 7.79. The van der Waals surface area contributed by atoms with Crippen LogP contribution in [-0.4, -0.2) is 26.9 Å². The fraction of sp³-hybridized carbons (Fsp3) is 0.381. The van der Waals surface area contributed by atoms with Gasteiger partial charge in [-0.25, -0.2) is 8.42 Å². The molecule has 0 saturated heterocycles. The minimum absolute atomic E-state index is 0.0644. The van der Waals surface area contributed by atoms with Crippen molar-refractivity contribution in [2.75, 3.05) is 10.8 Å². The molecule has 2 saturated carbocycles. The summed E-state index contributed by atoms with van der Waals surface area (Å²) in [4.78, 5) is 12.9. The van der Waals surface area contributed by atoms with Gasteiger partial charge in [-0.3, -0.25) is 9.10 Å². The number of benzene rings is 2. The van der Waals surface area contributed by atoms with Gasteiger partial charge in [0, 0.05) is 16.1 Å². The van der Waals surface area contributed by atoms with Gasteiger partial charge in [0.25, 0.3) is 10.0 Å². The zero-order chi connectivity index (χ0) is 20.6. The highest BCUT2D eigenvalue weighted by Gasteiger charge is 2.40. The molecule has 2 bridgehead atoms. The van der Waals surface area contributed by atoms with Crippen molar-refractivity contribution in [3.63, 3.8) is 0 Å². The van der Waals surface area contributed by atoms with E-state index in [0.29, 0.717) is 27.6 Å². The topological polar surface area (TPSA) is 66.5 Å². The first-order chi connectivity index (χ1) is 13.8. The number of nitrogens with zero attached hydrogens (tertiary/aromatic N) is 1. The van der Waals surface area contributed by atoms with Crippen LogP contribution in [0.2, 0.25) is 10.0 Å². The van der Waals surface area contributed by atoms with E-state index in [1.165, 1.54) is 30.7 Å². The Labute approximate surface area is 181 Å². The normalized spacial score (nSPS) is 23.2. The van der Waals surface area contributed by atoms with Crippen molar-refractivity contribution in [2.24, 2.45) is 11.8 Å². The summed E-state index contributed by atoms with van der Waals surface area (Å²) in [5, 5.41) is 3.89. The average molecular weight is 453 g/mol. The van der Waals surface area contributed by atoms with Crippen LogP contribution in [0.1, 0.15) is 25.7 Å². The van der Waals surface area contributed by atoms with Crippen molar-refractivity contribution in [1.29, 1.82) is 0 Å². The number of hydrogen-bond donors (Lipinski definition) is 1. The summed E-state index contributed by atoms with van der Waals surface area (Å²) in [6.45, 7) is -0.306. The molecule has 0 unspecified atom stereocenters. The smallest absolute Gasteiger partial charge is 0.264 e. The quantitative estimate of drug-likeness (QED) is 0.701. The Morgan fingerprint density at radius 2 is 1.79 bits per heavy atom. The lowest BCUT2D eigenvalue weighted by atomic mass is 9.95. The van der Waals surface area contributed by atoms with Gasteiger partial charge in [-0.1, -0.05) is 35.7 Å². The maximum absolute atomic E-state index is 13.3. The van der Waals surface area contributed by atoms with Crippen molar-refractivity contribution >= 4 is 44.8 Å². The first-order valence-electron chi connectivity index (χ1n) is 9.66. The maximum Gasteiger partial charge on any atom is 0.264 e. The summed E-state index contributed by atoms with van der Waals surface area (Å²) in [5.74, 6) is 0.892. The van der Waals surface area contributed by atoms with Gasteiger partial charge < -0.3 is 5.32 Å². The van der Waals surface area contributed by atoms with E-state index in [2.05, 4.69) is 5.32 Å². The number of hydrogen-bond acceptors (Lipinski definition) is 3. The van der Waals surface area contributed by atoms with Gasteiger partial charge in [0.15, 0.2) is 0 Å². The Hall–Kier alpha value is -1.76. The zero-order valence-electron chi connectivity index (χ0n) is 15.7. The van der Waals surface area contributed by atoms with Crippen molar-refractivity contribution < 1.29 is 13.2 Å². The first kappa shape index (κ1) is 20.5. The third-order valence-corrected chi connectivity index (χ3v) is 8.14. The number of amides is 1. The van der Waals surface area contributed by atoms with Crippen LogP contribution >= 0.6 is 23.2 Å². The second kappa shape index (κ2) is 8.17. The van der Waals surface area contributed by atoms with E-state index in [1.807, 2.05) is 0 Å². The summed E-state index contributed by atoms with van der Waals surface area (Å²) in [6.07, 6.45) is 4.51. The number of nitrogens with one attached hydrogen (secondary N) is 1. The molecule has 0 aromatic heterocycles. The predicted molar refractivity (Wildman–Crippen MR) is 115 cm³/mol. The molecule has 0 spiro atoms. The minimum Gasteiger partial charge on any atom is -0.352 e. The number of carbonyl (C=O) groups excluding carboxylic acids is 1. The predicted octanol–water partition coefficient (Wildman–Crippen LogP) is 4.49. The lowest BCUT2D eigenvalue weighted by Gasteiger charge is -2.27. The summed E-state index contributed by atoms with van der Waals surface area (Å²) in [7, 11) is -3.97. The Bertz CT molecular complexity index is 1010. The van der Waals surface area contributed by atoms with Gasteiger partial charge >= 0.3 is 0 Å². The van der Waals surface area contributed by atoms with E-state index in [1.54, 1.807) is 24.3 Å². The number of carbonyl (C=O) groups is 1. The molecule has 4 rings (SSSR count). The Morgan fingerprint density at radius 3 is 2.41 bits per heavy atom. The molecular formula is C21H22Cl2N2O3S. The second-order valence-corrected chi connectivity index (χ2v) is 10.5. The fourth-order valence-electron chi connectivity index (χ4n) is 4.48. The molecule has 2 aliphatic carbocycles. The SMILES string of the molecule is O=C(CN(c1cccc(Cl)c1)S(=O)(=O)c1ccc(Cl)cc1)N[C@@H]1C[C@H]2CC[C@H]1C2. The van der Waals surface area contributed by atoms with E-state index < -0.39 is 10.0 Å². The standard InChI is InChI=1S/C21H22Cl2N2O3S/c22-16-6-8-19(9-7-16)29(27,28)25(18-3-1-2-17(23)12-18)13-21(26)24-20-11-14-4-5-15(20)10-14/h1-3,6-9,12,14-15,20H,4-5,10-11,13H2,(H,24,26)/t14-,15-,20+/m0/s1. The molecule has 154 valence electrons. The number of fused-ring (bicyclic) bond motifs is 2. The van der Waals surface area contributed by atoms with Crippen LogP contribution in [0.15, 0.2) is 53.4 Å². The van der Waals surface area contributed by atoms with E-state index in [9.17, 15) is 13.2 Å². The molecule has 3 atom stereocenters. The number of anilines is 1. The van der Waals surface area contributed by atoms with Crippen molar-refractivity contribution in [2.45, 2.75) is 36.6 Å². The molecule has 2 aromatic carbocycles. The summed E-state index contributed by atoms with van der Waals surface area (Å²) >= 11 is 12.0. The lowest BCUT2D eigenvalue weighted by Crippen LogP contribution is -2.46. The minimum atomic E-state index is -3.97. The maximum atomic E-state index is 13.3. The monoisotopic (exact) mass is 452 g/mol. The summed E-state index contributed by atoms with van der Waals surface area (Å²) in [5.41, 5.74) is 0.343. The highest BCUT2D eigenvalue weighted by atomic mass is 35.5. The highest BCUT2D eigenvalue weighted by molar-refractivity contribution is 7.92.